The Labute approximate surface area is 76.7 Å². The van der Waals surface area contributed by atoms with Gasteiger partial charge in [0.15, 0.2) is 12.0 Å². The number of hydrogen-bond acceptors (Lipinski definition) is 3. The van der Waals surface area contributed by atoms with Gasteiger partial charge >= 0.3 is 6.18 Å². The Hall–Kier alpha value is -1.53. The molecule has 0 atom stereocenters. The molecule has 2 heterocycles. The minimum Gasteiger partial charge on any atom is -0.368 e. The van der Waals surface area contributed by atoms with E-state index < -0.39 is 17.4 Å². The van der Waals surface area contributed by atoms with Gasteiger partial charge in [-0.2, -0.15) is 18.3 Å². The number of alkyl halides is 3. The van der Waals surface area contributed by atoms with Crippen LogP contribution in [-0.4, -0.2) is 22.6 Å². The Kier molecular flexibility index (Phi) is 1.76. The van der Waals surface area contributed by atoms with Crippen LogP contribution in [0.2, 0.25) is 0 Å². The van der Waals surface area contributed by atoms with Crippen LogP contribution >= 0.6 is 0 Å². The van der Waals surface area contributed by atoms with Crippen molar-refractivity contribution < 1.29 is 18.0 Å². The summed E-state index contributed by atoms with van der Waals surface area (Å²) in [7, 11) is 0. The van der Waals surface area contributed by atoms with E-state index in [9.17, 15) is 18.0 Å². The van der Waals surface area contributed by atoms with Gasteiger partial charge in [0.05, 0.1) is 12.1 Å². The molecule has 0 spiro atoms. The molecule has 1 aliphatic heterocycles. The topological polar surface area (TPSA) is 46.9 Å². The van der Waals surface area contributed by atoms with Gasteiger partial charge < -0.3 is 5.32 Å². The van der Waals surface area contributed by atoms with Crippen LogP contribution in [-0.2, 0) is 12.7 Å². The highest BCUT2D eigenvalue weighted by molar-refractivity contribution is 5.85. The van der Waals surface area contributed by atoms with Crippen LogP contribution in [0.5, 0.6) is 0 Å². The van der Waals surface area contributed by atoms with Gasteiger partial charge in [0.2, 0.25) is 0 Å². The van der Waals surface area contributed by atoms with Gasteiger partial charge in [0, 0.05) is 6.54 Å². The molecule has 2 rings (SSSR count). The fourth-order valence-electron chi connectivity index (χ4n) is 1.43. The molecular formula is C7H6F3N3O. The Morgan fingerprint density at radius 3 is 2.79 bits per heavy atom. The van der Waals surface area contributed by atoms with Crippen molar-refractivity contribution in [2.24, 2.45) is 0 Å². The van der Waals surface area contributed by atoms with E-state index >= 15 is 0 Å². The van der Waals surface area contributed by atoms with Crippen molar-refractivity contribution in [2.75, 3.05) is 11.9 Å². The number of aromatic nitrogens is 2. The molecule has 0 unspecified atom stereocenters. The number of anilines is 1. The second-order valence-electron chi connectivity index (χ2n) is 2.88. The maximum Gasteiger partial charge on any atom is 0.435 e. The number of nitrogens with one attached hydrogen (secondary N) is 1. The standard InChI is InChI=1S/C7H6F3N3O/c8-7(9,10)5-4(3-14)6-11-1-2-13(6)12-5/h3,11H,1-2H2. The maximum absolute atomic E-state index is 12.3. The first kappa shape index (κ1) is 9.04. The zero-order chi connectivity index (χ0) is 10.3. The summed E-state index contributed by atoms with van der Waals surface area (Å²) in [6.07, 6.45) is -4.39. The molecule has 1 aromatic rings. The third-order valence-corrected chi connectivity index (χ3v) is 1.99. The van der Waals surface area contributed by atoms with Crippen molar-refractivity contribution >= 4 is 12.1 Å². The molecule has 7 heteroatoms. The van der Waals surface area contributed by atoms with Crippen molar-refractivity contribution in [2.45, 2.75) is 12.7 Å². The maximum atomic E-state index is 12.3. The first-order valence-electron chi connectivity index (χ1n) is 3.91. The lowest BCUT2D eigenvalue weighted by atomic mass is 10.2. The van der Waals surface area contributed by atoms with Gasteiger partial charge in [0.25, 0.3) is 0 Å². The molecule has 14 heavy (non-hydrogen) atoms. The summed E-state index contributed by atoms with van der Waals surface area (Å²) in [4.78, 5) is 10.5. The summed E-state index contributed by atoms with van der Waals surface area (Å²) in [6.45, 7) is 0.855. The van der Waals surface area contributed by atoms with E-state index in [2.05, 4.69) is 10.4 Å². The van der Waals surface area contributed by atoms with Crippen LogP contribution < -0.4 is 5.32 Å². The van der Waals surface area contributed by atoms with E-state index in [1.807, 2.05) is 0 Å². The van der Waals surface area contributed by atoms with Crippen LogP contribution in [0.25, 0.3) is 0 Å². The van der Waals surface area contributed by atoms with Gasteiger partial charge in [0.1, 0.15) is 5.82 Å². The first-order chi connectivity index (χ1) is 6.54. The van der Waals surface area contributed by atoms with Crippen molar-refractivity contribution in [1.29, 1.82) is 0 Å². The van der Waals surface area contributed by atoms with Crippen LogP contribution in [0.1, 0.15) is 16.1 Å². The molecule has 0 amide bonds. The van der Waals surface area contributed by atoms with E-state index in [0.717, 1.165) is 4.68 Å². The number of hydrogen-bond donors (Lipinski definition) is 1. The first-order valence-corrected chi connectivity index (χ1v) is 3.91. The fourth-order valence-corrected chi connectivity index (χ4v) is 1.43. The molecule has 0 saturated carbocycles. The molecule has 0 saturated heterocycles. The number of fused-ring (bicyclic) bond motifs is 1. The van der Waals surface area contributed by atoms with E-state index in [1.165, 1.54) is 0 Å². The number of halogens is 3. The van der Waals surface area contributed by atoms with Crippen LogP contribution in [0, 0.1) is 0 Å². The fraction of sp³-hybridized carbons (Fsp3) is 0.429. The van der Waals surface area contributed by atoms with E-state index in [4.69, 9.17) is 0 Å². The Bertz CT molecular complexity index is 382. The van der Waals surface area contributed by atoms with Gasteiger partial charge in [-0.3, -0.25) is 4.79 Å². The summed E-state index contributed by atoms with van der Waals surface area (Å²) in [5.74, 6) is 0.160. The van der Waals surface area contributed by atoms with Crippen LogP contribution in [0.4, 0.5) is 19.0 Å². The molecule has 0 bridgehead atoms. The summed E-state index contributed by atoms with van der Waals surface area (Å²) < 4.78 is 38.1. The highest BCUT2D eigenvalue weighted by atomic mass is 19.4. The zero-order valence-corrected chi connectivity index (χ0v) is 6.93. The lowest BCUT2D eigenvalue weighted by Gasteiger charge is -2.02. The molecule has 1 N–H and O–H groups in total. The smallest absolute Gasteiger partial charge is 0.368 e. The number of carbonyl (C=O) groups excluding carboxylic acids is 1. The number of aldehydes is 1. The SMILES string of the molecule is O=Cc1c(C(F)(F)F)nn2c1NCC2. The Morgan fingerprint density at radius 1 is 1.50 bits per heavy atom. The third kappa shape index (κ3) is 1.16. The van der Waals surface area contributed by atoms with Gasteiger partial charge in [-0.05, 0) is 0 Å². The van der Waals surface area contributed by atoms with Crippen molar-refractivity contribution in [3.05, 3.63) is 11.3 Å². The number of carbonyl (C=O) groups is 1. The van der Waals surface area contributed by atoms with Gasteiger partial charge in [-0.15, -0.1) is 0 Å². The van der Waals surface area contributed by atoms with E-state index in [1.54, 1.807) is 0 Å². The lowest BCUT2D eigenvalue weighted by molar-refractivity contribution is -0.141. The van der Waals surface area contributed by atoms with Crippen molar-refractivity contribution in [3.63, 3.8) is 0 Å². The monoisotopic (exact) mass is 205 g/mol. The molecule has 76 valence electrons. The predicted octanol–water partition coefficient (Wildman–Crippen LogP) is 1.14. The van der Waals surface area contributed by atoms with Crippen molar-refractivity contribution in [1.82, 2.24) is 9.78 Å². The zero-order valence-electron chi connectivity index (χ0n) is 6.93. The molecule has 0 radical (unpaired) electrons. The molecule has 0 aromatic carbocycles. The summed E-state index contributed by atoms with van der Waals surface area (Å²) in [5, 5.41) is 6.01. The largest absolute Gasteiger partial charge is 0.435 e. The highest BCUT2D eigenvalue weighted by Gasteiger charge is 2.39. The Balaban J connectivity index is 2.58. The van der Waals surface area contributed by atoms with Crippen LogP contribution in [0.3, 0.4) is 0 Å². The Morgan fingerprint density at radius 2 is 2.21 bits per heavy atom. The average Bonchev–Trinajstić information content (AvgIpc) is 2.58. The molecule has 1 aromatic heterocycles. The molecule has 4 nitrogen and oxygen atoms in total. The third-order valence-electron chi connectivity index (χ3n) is 1.99. The van der Waals surface area contributed by atoms with Gasteiger partial charge in [-0.25, -0.2) is 4.68 Å². The van der Waals surface area contributed by atoms with Gasteiger partial charge in [-0.1, -0.05) is 0 Å². The molecular weight excluding hydrogens is 199 g/mol. The lowest BCUT2D eigenvalue weighted by Crippen LogP contribution is -2.11. The average molecular weight is 205 g/mol. The summed E-state index contributed by atoms with van der Waals surface area (Å²) >= 11 is 0. The molecule has 1 aliphatic rings. The predicted molar refractivity (Wildman–Crippen MR) is 41.1 cm³/mol. The van der Waals surface area contributed by atoms with E-state index in [-0.39, 0.29) is 12.1 Å². The quantitative estimate of drug-likeness (QED) is 0.699. The van der Waals surface area contributed by atoms with E-state index in [0.29, 0.717) is 13.1 Å². The number of rotatable bonds is 1. The number of nitrogens with zero attached hydrogens (tertiary/aromatic N) is 2. The second-order valence-corrected chi connectivity index (χ2v) is 2.88. The normalized spacial score (nSPS) is 15.1. The summed E-state index contributed by atoms with van der Waals surface area (Å²) in [6, 6.07) is 0. The highest BCUT2D eigenvalue weighted by Crippen LogP contribution is 2.34. The molecule has 0 fully saturated rings. The molecule has 0 aliphatic carbocycles. The second kappa shape index (κ2) is 2.73. The van der Waals surface area contributed by atoms with Crippen molar-refractivity contribution in [3.8, 4) is 0 Å². The van der Waals surface area contributed by atoms with Crippen LogP contribution in [0.15, 0.2) is 0 Å². The minimum atomic E-state index is -4.57. The summed E-state index contributed by atoms with van der Waals surface area (Å²) in [5.41, 5.74) is -1.52. The minimum absolute atomic E-state index is 0.160.